The predicted molar refractivity (Wildman–Crippen MR) is 102 cm³/mol. The summed E-state index contributed by atoms with van der Waals surface area (Å²) in [6.07, 6.45) is 1.36. The number of ether oxygens (including phenoxy) is 1. The summed E-state index contributed by atoms with van der Waals surface area (Å²) in [4.78, 5) is 29.3. The van der Waals surface area contributed by atoms with Crippen molar-refractivity contribution >= 4 is 50.9 Å². The minimum absolute atomic E-state index is 0.0333. The van der Waals surface area contributed by atoms with Gasteiger partial charge < -0.3 is 14.8 Å². The number of benzene rings is 2. The number of hydrogen-bond donors (Lipinski definition) is 2. The van der Waals surface area contributed by atoms with Crippen molar-refractivity contribution in [1.82, 2.24) is 9.97 Å². The molecule has 0 spiro atoms. The Labute approximate surface area is 161 Å². The molecule has 2 N–H and O–H groups in total. The second-order valence-corrected chi connectivity index (χ2v) is 6.26. The Kier molecular flexibility index (Phi) is 5.02. The summed E-state index contributed by atoms with van der Waals surface area (Å²) in [5.41, 5.74) is -0.308. The molecule has 0 saturated carbocycles. The van der Waals surface area contributed by atoms with Gasteiger partial charge in [0.1, 0.15) is 0 Å². The highest BCUT2D eigenvalue weighted by atomic mass is 35.5. The number of methoxy groups -OCH3 is 1. The molecule has 3 aromatic rings. The van der Waals surface area contributed by atoms with Gasteiger partial charge in [0.05, 0.1) is 28.0 Å². The summed E-state index contributed by atoms with van der Waals surface area (Å²) >= 11 is 12.1. The molecule has 0 atom stereocenters. The smallest absolute Gasteiger partial charge is 0.315 e. The van der Waals surface area contributed by atoms with E-state index >= 15 is 0 Å². The number of aromatic hydroxyl groups is 1. The Morgan fingerprint density at radius 2 is 2.11 bits per heavy atom. The van der Waals surface area contributed by atoms with Gasteiger partial charge in [-0.3, -0.25) is 14.9 Å². The first-order valence-corrected chi connectivity index (χ1v) is 8.18. The van der Waals surface area contributed by atoms with Crippen LogP contribution in [0.15, 0.2) is 35.1 Å². The van der Waals surface area contributed by atoms with Crippen LogP contribution in [0, 0.1) is 10.1 Å². The van der Waals surface area contributed by atoms with Crippen molar-refractivity contribution in [3.05, 3.63) is 67.2 Å². The molecule has 0 aliphatic carbocycles. The number of aromatic amines is 1. The molecule has 0 radical (unpaired) electrons. The van der Waals surface area contributed by atoms with Crippen LogP contribution in [0.25, 0.3) is 22.0 Å². The summed E-state index contributed by atoms with van der Waals surface area (Å²) in [6.45, 7) is 0. The lowest BCUT2D eigenvalue weighted by molar-refractivity contribution is -0.386. The third kappa shape index (κ3) is 3.71. The zero-order valence-electron chi connectivity index (χ0n) is 13.7. The summed E-state index contributed by atoms with van der Waals surface area (Å²) in [5, 5.41) is 21.6. The maximum atomic E-state index is 12.2. The van der Waals surface area contributed by atoms with Gasteiger partial charge in [-0.25, -0.2) is 4.98 Å². The molecule has 0 bridgehead atoms. The summed E-state index contributed by atoms with van der Waals surface area (Å²) in [6, 6.07) is 7.14. The van der Waals surface area contributed by atoms with Crippen molar-refractivity contribution in [2.24, 2.45) is 0 Å². The van der Waals surface area contributed by atoms with Crippen LogP contribution in [0.4, 0.5) is 5.69 Å². The molecular formula is C17H11Cl2N3O5. The van der Waals surface area contributed by atoms with Crippen LogP contribution < -0.4 is 10.3 Å². The Morgan fingerprint density at radius 3 is 2.78 bits per heavy atom. The highest BCUT2D eigenvalue weighted by molar-refractivity contribution is 6.50. The van der Waals surface area contributed by atoms with Gasteiger partial charge in [0.15, 0.2) is 11.6 Å². The maximum absolute atomic E-state index is 12.2. The van der Waals surface area contributed by atoms with Crippen LogP contribution in [0.3, 0.4) is 0 Å². The molecule has 0 unspecified atom stereocenters. The third-order valence-corrected chi connectivity index (χ3v) is 4.20. The predicted octanol–water partition coefficient (Wildman–Crippen LogP) is 3.94. The second-order valence-electron chi connectivity index (χ2n) is 5.42. The number of nitrogens with one attached hydrogen (secondary N) is 1. The number of halogens is 2. The fourth-order valence-corrected chi connectivity index (χ4v) is 2.82. The topological polar surface area (TPSA) is 118 Å². The Balaban J connectivity index is 2.12. The molecule has 0 saturated heterocycles. The fraction of sp³-hybridized carbons (Fsp3) is 0.0588. The number of phenolic OH excluding ortho intramolecular Hbond substituents is 1. The van der Waals surface area contributed by atoms with E-state index in [0.29, 0.717) is 15.9 Å². The number of nitro benzene ring substituents is 1. The number of fused-ring (bicyclic) bond motifs is 1. The van der Waals surface area contributed by atoms with Crippen LogP contribution in [0.2, 0.25) is 5.02 Å². The van der Waals surface area contributed by atoms with E-state index in [1.807, 2.05) is 0 Å². The van der Waals surface area contributed by atoms with E-state index in [1.165, 1.54) is 25.3 Å². The number of phenols is 1. The first-order chi connectivity index (χ1) is 12.8. The van der Waals surface area contributed by atoms with Crippen LogP contribution in [-0.4, -0.2) is 27.1 Å². The van der Waals surface area contributed by atoms with Crippen molar-refractivity contribution in [1.29, 1.82) is 0 Å². The lowest BCUT2D eigenvalue weighted by atomic mass is 10.1. The Hall–Kier alpha value is -3.10. The Bertz CT molecular complexity index is 1160. The molecule has 2 aromatic carbocycles. The molecular weight excluding hydrogens is 397 g/mol. The van der Waals surface area contributed by atoms with Crippen LogP contribution in [0.5, 0.6) is 11.5 Å². The molecule has 10 heteroatoms. The molecule has 0 amide bonds. The van der Waals surface area contributed by atoms with Gasteiger partial charge >= 0.3 is 5.69 Å². The van der Waals surface area contributed by atoms with E-state index in [9.17, 15) is 20.0 Å². The largest absolute Gasteiger partial charge is 0.500 e. The SMILES string of the molecule is COc1cc(/C=C(\Cl)c2nc3ccc(Cl)cc3c(=O)[nH]2)cc([N+](=O)[O-])c1O. The van der Waals surface area contributed by atoms with Crippen molar-refractivity contribution in [3.8, 4) is 11.5 Å². The number of H-pyrrole nitrogens is 1. The maximum Gasteiger partial charge on any atom is 0.315 e. The zero-order chi connectivity index (χ0) is 19.7. The summed E-state index contributed by atoms with van der Waals surface area (Å²) < 4.78 is 4.94. The zero-order valence-corrected chi connectivity index (χ0v) is 15.2. The standard InChI is InChI=1S/C17H11Cl2N3O5/c1-27-14-6-8(5-13(15(14)23)22(25)26)4-11(19)16-20-12-3-2-9(18)7-10(12)17(24)21-16/h2-7,23H,1H3,(H,20,21,24)/b11-4-. The normalized spacial score (nSPS) is 11.6. The van der Waals surface area contributed by atoms with Gasteiger partial charge in [0, 0.05) is 11.1 Å². The van der Waals surface area contributed by atoms with Gasteiger partial charge in [0.2, 0.25) is 5.75 Å². The lowest BCUT2D eigenvalue weighted by Crippen LogP contribution is -2.10. The number of rotatable bonds is 4. The molecule has 0 fully saturated rings. The highest BCUT2D eigenvalue weighted by Gasteiger charge is 2.19. The average Bonchev–Trinajstić information content (AvgIpc) is 2.63. The number of aromatic nitrogens is 2. The first-order valence-electron chi connectivity index (χ1n) is 7.42. The number of hydrogen-bond acceptors (Lipinski definition) is 6. The molecule has 1 aromatic heterocycles. The van der Waals surface area contributed by atoms with E-state index in [-0.39, 0.29) is 22.2 Å². The average molecular weight is 408 g/mol. The monoisotopic (exact) mass is 407 g/mol. The quantitative estimate of drug-likeness (QED) is 0.499. The molecule has 0 aliphatic heterocycles. The van der Waals surface area contributed by atoms with Gasteiger partial charge in [-0.15, -0.1) is 0 Å². The third-order valence-electron chi connectivity index (χ3n) is 3.68. The molecule has 3 rings (SSSR count). The van der Waals surface area contributed by atoms with Crippen molar-refractivity contribution in [2.45, 2.75) is 0 Å². The van der Waals surface area contributed by atoms with Gasteiger partial charge in [-0.1, -0.05) is 23.2 Å². The van der Waals surface area contributed by atoms with Crippen molar-refractivity contribution in [2.75, 3.05) is 7.11 Å². The van der Waals surface area contributed by atoms with Gasteiger partial charge in [-0.05, 0) is 35.9 Å². The van der Waals surface area contributed by atoms with Crippen molar-refractivity contribution in [3.63, 3.8) is 0 Å². The second kappa shape index (κ2) is 7.26. The number of nitrogens with zero attached hydrogens (tertiary/aromatic N) is 2. The van der Waals surface area contributed by atoms with Crippen LogP contribution >= 0.6 is 23.2 Å². The fourth-order valence-electron chi connectivity index (χ4n) is 2.43. The van der Waals surface area contributed by atoms with E-state index in [0.717, 1.165) is 6.07 Å². The van der Waals surface area contributed by atoms with Crippen molar-refractivity contribution < 1.29 is 14.8 Å². The van der Waals surface area contributed by atoms with E-state index < -0.39 is 21.9 Å². The first kappa shape index (κ1) is 18.7. The van der Waals surface area contributed by atoms with E-state index in [1.54, 1.807) is 12.1 Å². The Morgan fingerprint density at radius 1 is 1.37 bits per heavy atom. The van der Waals surface area contributed by atoms with E-state index in [2.05, 4.69) is 9.97 Å². The summed E-state index contributed by atoms with van der Waals surface area (Å²) in [7, 11) is 1.27. The van der Waals surface area contributed by atoms with Gasteiger partial charge in [-0.2, -0.15) is 0 Å². The minimum Gasteiger partial charge on any atom is -0.500 e. The molecule has 1 heterocycles. The molecule has 0 aliphatic rings. The molecule has 8 nitrogen and oxygen atoms in total. The van der Waals surface area contributed by atoms with E-state index in [4.69, 9.17) is 27.9 Å². The number of nitro groups is 1. The highest BCUT2D eigenvalue weighted by Crippen LogP contribution is 2.38. The minimum atomic E-state index is -0.747. The van der Waals surface area contributed by atoms with Crippen LogP contribution in [-0.2, 0) is 0 Å². The molecule has 138 valence electrons. The van der Waals surface area contributed by atoms with Gasteiger partial charge in [0.25, 0.3) is 5.56 Å². The molecule has 27 heavy (non-hydrogen) atoms. The lowest BCUT2D eigenvalue weighted by Gasteiger charge is -2.06. The summed E-state index contributed by atoms with van der Waals surface area (Å²) in [5.74, 6) is -0.606. The van der Waals surface area contributed by atoms with Crippen LogP contribution in [0.1, 0.15) is 11.4 Å².